The van der Waals surface area contributed by atoms with Crippen molar-refractivity contribution in [2.45, 2.75) is 45.8 Å². The lowest BCUT2D eigenvalue weighted by Crippen LogP contribution is -2.52. The molecule has 1 aliphatic heterocycles. The van der Waals surface area contributed by atoms with Crippen molar-refractivity contribution >= 4 is 17.9 Å². The van der Waals surface area contributed by atoms with E-state index in [1.807, 2.05) is 78.6 Å². The molecule has 0 fully saturated rings. The van der Waals surface area contributed by atoms with Gasteiger partial charge in [-0.05, 0) is 53.8 Å². The van der Waals surface area contributed by atoms with E-state index >= 15 is 0 Å². The van der Waals surface area contributed by atoms with Gasteiger partial charge in [0.05, 0.1) is 18.1 Å². The Balaban J connectivity index is 1.35. The molecule has 0 aliphatic carbocycles. The minimum Gasteiger partial charge on any atom is -0.446 e. The molecule has 1 aliphatic rings. The van der Waals surface area contributed by atoms with Crippen LogP contribution in [0.2, 0.25) is 0 Å². The van der Waals surface area contributed by atoms with Crippen molar-refractivity contribution in [2.24, 2.45) is 0 Å². The molecule has 44 heavy (non-hydrogen) atoms. The minimum atomic E-state index is -0.727. The summed E-state index contributed by atoms with van der Waals surface area (Å²) in [7, 11) is 0. The highest BCUT2D eigenvalue weighted by Gasteiger charge is 2.34. The third-order valence-electron chi connectivity index (χ3n) is 7.96. The van der Waals surface area contributed by atoms with Crippen molar-refractivity contribution in [1.29, 1.82) is 0 Å². The molecule has 0 bridgehead atoms. The van der Waals surface area contributed by atoms with Crippen LogP contribution in [0.3, 0.4) is 0 Å². The molecule has 5 aromatic rings. The van der Waals surface area contributed by atoms with Gasteiger partial charge in [0.25, 0.3) is 0 Å². The third kappa shape index (κ3) is 6.52. The largest absolute Gasteiger partial charge is 0.446 e. The molecule has 0 saturated carbocycles. The highest BCUT2D eigenvalue weighted by atomic mass is 16.4. The monoisotopic (exact) mass is 586 g/mol. The molecule has 9 nitrogen and oxygen atoms in total. The minimum absolute atomic E-state index is 0.0715. The van der Waals surface area contributed by atoms with Crippen molar-refractivity contribution < 1.29 is 14.0 Å². The number of carbonyl (C=O) groups is 2. The van der Waals surface area contributed by atoms with Crippen molar-refractivity contribution in [3.8, 4) is 5.69 Å². The van der Waals surface area contributed by atoms with E-state index in [1.165, 1.54) is 11.6 Å². The maximum atomic E-state index is 14.5. The van der Waals surface area contributed by atoms with E-state index in [0.717, 1.165) is 28.8 Å². The van der Waals surface area contributed by atoms with E-state index in [1.54, 1.807) is 35.0 Å². The standard InChI is InChI=1S/C35H34N6O3/c1-25-32(37-26(2)44-25)16-17-34(42)40(23-28-12-14-31(15-13-28)41-21-19-36-38-41)33(22-27-8-4-3-5-9-27)35(43)39-20-18-29-10-6-7-11-30(29)24-39/h3-17,19,21,33H,18,20,22-24H2,1-2H3/t33-/m0/s1. The van der Waals surface area contributed by atoms with Crippen LogP contribution in [0.4, 0.5) is 0 Å². The van der Waals surface area contributed by atoms with Gasteiger partial charge in [-0.3, -0.25) is 9.59 Å². The van der Waals surface area contributed by atoms with Crippen LogP contribution in [0.25, 0.3) is 11.8 Å². The van der Waals surface area contributed by atoms with Gasteiger partial charge in [0.1, 0.15) is 17.5 Å². The Labute approximate surface area is 256 Å². The van der Waals surface area contributed by atoms with E-state index in [4.69, 9.17) is 4.42 Å². The molecule has 3 heterocycles. The van der Waals surface area contributed by atoms with Crippen molar-refractivity contribution in [3.05, 3.63) is 137 Å². The Morgan fingerprint density at radius 1 is 0.955 bits per heavy atom. The summed E-state index contributed by atoms with van der Waals surface area (Å²) in [5.41, 5.74) is 5.71. The quantitative estimate of drug-likeness (QED) is 0.223. The van der Waals surface area contributed by atoms with E-state index in [2.05, 4.69) is 27.4 Å². The average Bonchev–Trinajstić information content (AvgIpc) is 3.71. The number of hydrogen-bond acceptors (Lipinski definition) is 6. The Morgan fingerprint density at radius 3 is 2.41 bits per heavy atom. The summed E-state index contributed by atoms with van der Waals surface area (Å²) in [6, 6.07) is 25.1. The number of rotatable bonds is 9. The van der Waals surface area contributed by atoms with Gasteiger partial charge in [0, 0.05) is 39.1 Å². The Kier molecular flexibility index (Phi) is 8.45. The fourth-order valence-electron chi connectivity index (χ4n) is 5.65. The molecule has 6 rings (SSSR count). The van der Waals surface area contributed by atoms with E-state index in [0.29, 0.717) is 36.9 Å². The van der Waals surface area contributed by atoms with Gasteiger partial charge in [-0.15, -0.1) is 5.10 Å². The Morgan fingerprint density at radius 2 is 1.70 bits per heavy atom. The number of benzene rings is 3. The molecule has 1 atom stereocenters. The van der Waals surface area contributed by atoms with E-state index in [-0.39, 0.29) is 18.4 Å². The summed E-state index contributed by atoms with van der Waals surface area (Å²) in [6.45, 7) is 4.94. The number of amides is 2. The Hall–Kier alpha value is -5.31. The summed E-state index contributed by atoms with van der Waals surface area (Å²) in [5.74, 6) is 0.807. The molecule has 3 aromatic carbocycles. The first-order valence-electron chi connectivity index (χ1n) is 14.7. The highest BCUT2D eigenvalue weighted by Crippen LogP contribution is 2.23. The summed E-state index contributed by atoms with van der Waals surface area (Å²) in [6.07, 6.45) is 7.71. The molecular weight excluding hydrogens is 552 g/mol. The topological polar surface area (TPSA) is 97.4 Å². The van der Waals surface area contributed by atoms with Crippen LogP contribution in [0.1, 0.15) is 39.6 Å². The first kappa shape index (κ1) is 28.8. The van der Waals surface area contributed by atoms with Crippen LogP contribution < -0.4 is 0 Å². The zero-order valence-electron chi connectivity index (χ0n) is 24.8. The maximum absolute atomic E-state index is 14.5. The number of fused-ring (bicyclic) bond motifs is 1. The molecule has 0 unspecified atom stereocenters. The fraction of sp³-hybridized carbons (Fsp3) is 0.229. The summed E-state index contributed by atoms with van der Waals surface area (Å²) in [4.78, 5) is 36.5. The van der Waals surface area contributed by atoms with Crippen molar-refractivity contribution in [3.63, 3.8) is 0 Å². The second-order valence-electron chi connectivity index (χ2n) is 11.0. The number of carbonyl (C=O) groups excluding carboxylic acids is 2. The second kappa shape index (κ2) is 12.9. The molecule has 2 aromatic heterocycles. The lowest BCUT2D eigenvalue weighted by atomic mass is 9.97. The van der Waals surface area contributed by atoms with Crippen LogP contribution in [-0.2, 0) is 35.5 Å². The lowest BCUT2D eigenvalue weighted by molar-refractivity contribution is -0.144. The number of oxazole rings is 1. The third-order valence-corrected chi connectivity index (χ3v) is 7.96. The van der Waals surface area contributed by atoms with Gasteiger partial charge < -0.3 is 14.2 Å². The summed E-state index contributed by atoms with van der Waals surface area (Å²) in [5, 5.41) is 7.95. The Bertz CT molecular complexity index is 1760. The molecule has 0 saturated heterocycles. The first-order chi connectivity index (χ1) is 21.4. The van der Waals surface area contributed by atoms with Crippen molar-refractivity contribution in [2.75, 3.05) is 6.54 Å². The average molecular weight is 587 g/mol. The normalized spacial score (nSPS) is 13.5. The zero-order chi connectivity index (χ0) is 30.5. The summed E-state index contributed by atoms with van der Waals surface area (Å²) < 4.78 is 7.23. The molecule has 222 valence electrons. The SMILES string of the molecule is Cc1nc(C=CC(=O)N(Cc2ccc(-n3ccnn3)cc2)[C@@H](Cc2ccccc2)C(=O)N2CCc3ccccc3C2)c(C)o1. The van der Waals surface area contributed by atoms with Gasteiger partial charge in [-0.2, -0.15) is 0 Å². The van der Waals surface area contributed by atoms with Gasteiger partial charge in [-0.25, -0.2) is 9.67 Å². The zero-order valence-corrected chi connectivity index (χ0v) is 24.8. The first-order valence-corrected chi connectivity index (χ1v) is 14.7. The number of aromatic nitrogens is 4. The van der Waals surface area contributed by atoms with Gasteiger partial charge in [-0.1, -0.05) is 71.9 Å². The van der Waals surface area contributed by atoms with E-state index in [9.17, 15) is 9.59 Å². The van der Waals surface area contributed by atoms with E-state index < -0.39 is 6.04 Å². The molecular formula is C35H34N6O3. The van der Waals surface area contributed by atoms with Gasteiger partial charge in [0.15, 0.2) is 5.89 Å². The molecule has 0 N–H and O–H groups in total. The van der Waals surface area contributed by atoms with Crippen LogP contribution in [0, 0.1) is 13.8 Å². The van der Waals surface area contributed by atoms with Crippen LogP contribution >= 0.6 is 0 Å². The van der Waals surface area contributed by atoms with Gasteiger partial charge >= 0.3 is 0 Å². The highest BCUT2D eigenvalue weighted by molar-refractivity contribution is 5.95. The van der Waals surface area contributed by atoms with Crippen molar-refractivity contribution in [1.82, 2.24) is 29.8 Å². The molecule has 0 spiro atoms. The maximum Gasteiger partial charge on any atom is 0.247 e. The smallest absolute Gasteiger partial charge is 0.247 e. The number of hydrogen-bond donors (Lipinski definition) is 0. The molecule has 9 heteroatoms. The second-order valence-corrected chi connectivity index (χ2v) is 11.0. The molecule has 2 amide bonds. The van der Waals surface area contributed by atoms with Crippen LogP contribution in [0.5, 0.6) is 0 Å². The predicted molar refractivity (Wildman–Crippen MR) is 166 cm³/mol. The predicted octanol–water partition coefficient (Wildman–Crippen LogP) is 5.11. The fourth-order valence-corrected chi connectivity index (χ4v) is 5.65. The number of nitrogens with zero attached hydrogens (tertiary/aromatic N) is 6. The number of aryl methyl sites for hydroxylation is 2. The summed E-state index contributed by atoms with van der Waals surface area (Å²) >= 11 is 0. The van der Waals surface area contributed by atoms with Gasteiger partial charge in [0.2, 0.25) is 11.8 Å². The van der Waals surface area contributed by atoms with Crippen LogP contribution in [0.15, 0.2) is 102 Å². The molecule has 0 radical (unpaired) electrons. The van der Waals surface area contributed by atoms with Crippen LogP contribution in [-0.4, -0.2) is 54.2 Å². The lowest BCUT2D eigenvalue weighted by Gasteiger charge is -2.36.